The first-order valence-electron chi connectivity index (χ1n) is 4.49. The van der Waals surface area contributed by atoms with Gasteiger partial charge in [-0.2, -0.15) is 0 Å². The van der Waals surface area contributed by atoms with E-state index in [1.807, 2.05) is 0 Å². The Hall–Kier alpha value is 0.420. The lowest BCUT2D eigenvalue weighted by atomic mass is 10.2. The van der Waals surface area contributed by atoms with E-state index >= 15 is 0 Å². The fourth-order valence-electron chi connectivity index (χ4n) is 1.50. The number of halogens is 2. The average molecular weight is 243 g/mol. The molecule has 2 aliphatic heterocycles. The molecular formula is C8H12Cl2O4. The van der Waals surface area contributed by atoms with Gasteiger partial charge in [-0.15, -0.1) is 23.2 Å². The van der Waals surface area contributed by atoms with E-state index in [9.17, 15) is 0 Å². The van der Waals surface area contributed by atoms with Crippen LogP contribution < -0.4 is 0 Å². The van der Waals surface area contributed by atoms with Gasteiger partial charge in [0.05, 0.1) is 25.0 Å². The average Bonchev–Trinajstić information content (AvgIpc) is 2.86. The molecule has 2 aliphatic rings. The third-order valence-corrected chi connectivity index (χ3v) is 2.72. The normalized spacial score (nSPS) is 43.3. The van der Waals surface area contributed by atoms with Crippen molar-refractivity contribution in [3.8, 4) is 0 Å². The molecule has 82 valence electrons. The van der Waals surface area contributed by atoms with Crippen LogP contribution in [0.2, 0.25) is 0 Å². The van der Waals surface area contributed by atoms with Gasteiger partial charge in [0, 0.05) is 0 Å². The van der Waals surface area contributed by atoms with Crippen LogP contribution in [0.25, 0.3) is 0 Å². The zero-order valence-corrected chi connectivity index (χ0v) is 9.04. The van der Waals surface area contributed by atoms with Crippen LogP contribution in [0.4, 0.5) is 0 Å². The first kappa shape index (κ1) is 10.9. The van der Waals surface area contributed by atoms with Gasteiger partial charge in [-0.1, -0.05) is 0 Å². The Morgan fingerprint density at radius 1 is 0.857 bits per heavy atom. The lowest BCUT2D eigenvalue weighted by molar-refractivity contribution is -0.0897. The summed E-state index contributed by atoms with van der Waals surface area (Å²) in [6.07, 6.45) is -0.820. The Morgan fingerprint density at radius 3 is 1.57 bits per heavy atom. The highest BCUT2D eigenvalue weighted by Crippen LogP contribution is 2.23. The second kappa shape index (κ2) is 4.96. The Bertz CT molecular complexity index is 172. The second-order valence-electron chi connectivity index (χ2n) is 3.18. The number of hydrogen-bond acceptors (Lipinski definition) is 4. The van der Waals surface area contributed by atoms with Crippen LogP contribution in [-0.4, -0.2) is 49.8 Å². The molecule has 4 nitrogen and oxygen atoms in total. The van der Waals surface area contributed by atoms with E-state index in [2.05, 4.69) is 0 Å². The predicted molar refractivity (Wildman–Crippen MR) is 50.7 cm³/mol. The summed E-state index contributed by atoms with van der Waals surface area (Å²) in [7, 11) is 0. The van der Waals surface area contributed by atoms with Crippen molar-refractivity contribution in [1.82, 2.24) is 0 Å². The molecule has 6 heteroatoms. The summed E-state index contributed by atoms with van der Waals surface area (Å²) in [5.41, 5.74) is 0. The molecule has 0 aromatic carbocycles. The van der Waals surface area contributed by atoms with Gasteiger partial charge in [-0.3, -0.25) is 0 Å². The molecule has 0 aromatic heterocycles. The molecule has 0 saturated carbocycles. The number of ether oxygens (including phenoxy) is 4. The van der Waals surface area contributed by atoms with Crippen LogP contribution in [-0.2, 0) is 18.9 Å². The molecule has 0 radical (unpaired) electrons. The van der Waals surface area contributed by atoms with Crippen LogP contribution >= 0.6 is 23.2 Å². The number of rotatable bonds is 3. The SMILES string of the molecule is ClC[C@@H]1OC[C@H]([C@H]2CO[C@H](CCl)O2)O1. The van der Waals surface area contributed by atoms with Crippen molar-refractivity contribution in [3.63, 3.8) is 0 Å². The maximum atomic E-state index is 5.59. The molecule has 4 atom stereocenters. The fourth-order valence-corrected chi connectivity index (χ4v) is 1.83. The van der Waals surface area contributed by atoms with E-state index in [0.29, 0.717) is 25.0 Å². The van der Waals surface area contributed by atoms with Gasteiger partial charge in [-0.05, 0) is 0 Å². The van der Waals surface area contributed by atoms with Crippen molar-refractivity contribution in [3.05, 3.63) is 0 Å². The lowest BCUT2D eigenvalue weighted by Crippen LogP contribution is -2.31. The summed E-state index contributed by atoms with van der Waals surface area (Å²) in [6.45, 7) is 1.00. The van der Waals surface area contributed by atoms with Crippen molar-refractivity contribution in [2.45, 2.75) is 24.8 Å². The van der Waals surface area contributed by atoms with Crippen LogP contribution in [0.15, 0.2) is 0 Å². The Labute approximate surface area is 92.3 Å². The minimum absolute atomic E-state index is 0.0908. The quantitative estimate of drug-likeness (QED) is 0.691. The molecule has 2 saturated heterocycles. The smallest absolute Gasteiger partial charge is 0.171 e. The summed E-state index contributed by atoms with van der Waals surface area (Å²) in [5.74, 6) is 0.673. The van der Waals surface area contributed by atoms with Gasteiger partial charge in [-0.25, -0.2) is 0 Å². The number of hydrogen-bond donors (Lipinski definition) is 0. The molecule has 0 aromatic rings. The van der Waals surface area contributed by atoms with E-state index in [0.717, 1.165) is 0 Å². The zero-order chi connectivity index (χ0) is 9.97. The summed E-state index contributed by atoms with van der Waals surface area (Å²) >= 11 is 11.2. The third kappa shape index (κ3) is 2.32. The molecule has 0 spiro atoms. The van der Waals surface area contributed by atoms with Gasteiger partial charge >= 0.3 is 0 Å². The first-order valence-corrected chi connectivity index (χ1v) is 5.56. The van der Waals surface area contributed by atoms with Crippen molar-refractivity contribution >= 4 is 23.2 Å². The van der Waals surface area contributed by atoms with Crippen LogP contribution in [0.1, 0.15) is 0 Å². The molecule has 0 aliphatic carbocycles. The van der Waals surface area contributed by atoms with Crippen LogP contribution in [0.3, 0.4) is 0 Å². The molecular weight excluding hydrogens is 231 g/mol. The fraction of sp³-hybridized carbons (Fsp3) is 1.00. The van der Waals surface area contributed by atoms with Gasteiger partial charge in [0.25, 0.3) is 0 Å². The topological polar surface area (TPSA) is 36.9 Å². The molecule has 2 heterocycles. The minimum atomic E-state index is -0.319. The van der Waals surface area contributed by atoms with Crippen molar-refractivity contribution in [2.24, 2.45) is 0 Å². The van der Waals surface area contributed by atoms with E-state index in [4.69, 9.17) is 42.1 Å². The maximum Gasteiger partial charge on any atom is 0.171 e. The molecule has 0 bridgehead atoms. The van der Waals surface area contributed by atoms with Gasteiger partial charge in [0.1, 0.15) is 12.2 Å². The third-order valence-electron chi connectivity index (χ3n) is 2.21. The van der Waals surface area contributed by atoms with E-state index in [1.165, 1.54) is 0 Å². The van der Waals surface area contributed by atoms with Crippen LogP contribution in [0, 0.1) is 0 Å². The van der Waals surface area contributed by atoms with Gasteiger partial charge < -0.3 is 18.9 Å². The highest BCUT2D eigenvalue weighted by molar-refractivity contribution is 6.18. The summed E-state index contributed by atoms with van der Waals surface area (Å²) in [6, 6.07) is 0. The van der Waals surface area contributed by atoms with Gasteiger partial charge in [0.2, 0.25) is 0 Å². The highest BCUT2D eigenvalue weighted by atomic mass is 35.5. The minimum Gasteiger partial charge on any atom is -0.349 e. The Kier molecular flexibility index (Phi) is 3.87. The van der Waals surface area contributed by atoms with E-state index in [-0.39, 0.29) is 24.8 Å². The van der Waals surface area contributed by atoms with Crippen molar-refractivity contribution < 1.29 is 18.9 Å². The number of alkyl halides is 2. The molecule has 0 unspecified atom stereocenters. The molecule has 0 N–H and O–H groups in total. The zero-order valence-electron chi connectivity index (χ0n) is 7.53. The lowest BCUT2D eigenvalue weighted by Gasteiger charge is -2.15. The van der Waals surface area contributed by atoms with Gasteiger partial charge in [0.15, 0.2) is 12.6 Å². The van der Waals surface area contributed by atoms with Crippen molar-refractivity contribution in [2.75, 3.05) is 25.0 Å². The Balaban J connectivity index is 1.80. The van der Waals surface area contributed by atoms with Crippen molar-refractivity contribution in [1.29, 1.82) is 0 Å². The van der Waals surface area contributed by atoms with E-state index in [1.54, 1.807) is 0 Å². The monoisotopic (exact) mass is 242 g/mol. The summed E-state index contributed by atoms with van der Waals surface area (Å²) in [5, 5.41) is 0. The molecule has 14 heavy (non-hydrogen) atoms. The second-order valence-corrected chi connectivity index (χ2v) is 3.80. The highest BCUT2D eigenvalue weighted by Gasteiger charge is 2.38. The first-order chi connectivity index (χ1) is 6.83. The summed E-state index contributed by atoms with van der Waals surface area (Å²) in [4.78, 5) is 0. The maximum absolute atomic E-state index is 5.59. The van der Waals surface area contributed by atoms with E-state index < -0.39 is 0 Å². The Morgan fingerprint density at radius 2 is 1.29 bits per heavy atom. The predicted octanol–water partition coefficient (Wildman–Crippen LogP) is 0.947. The van der Waals surface area contributed by atoms with Crippen LogP contribution in [0.5, 0.6) is 0 Å². The molecule has 2 rings (SSSR count). The largest absolute Gasteiger partial charge is 0.349 e. The molecule has 2 fully saturated rings. The molecule has 0 amide bonds. The standard InChI is InChI=1S/C8H12Cl2O4/c9-1-7-11-3-5(13-7)6-4-12-8(2-10)14-6/h5-8H,1-4H2/t5-,6-,7-,8+/m1/s1. The summed E-state index contributed by atoms with van der Waals surface area (Å²) < 4.78 is 21.5.